The first-order valence-electron chi connectivity index (χ1n) is 3.46. The molecule has 0 fully saturated rings. The van der Waals surface area contributed by atoms with E-state index in [2.05, 4.69) is 4.85 Å². The molecule has 0 radical (unpaired) electrons. The van der Waals surface area contributed by atoms with E-state index in [1.54, 1.807) is 19.1 Å². The van der Waals surface area contributed by atoms with Gasteiger partial charge in [0.15, 0.2) is 0 Å². The predicted molar refractivity (Wildman–Crippen MR) is 43.2 cm³/mol. The van der Waals surface area contributed by atoms with Crippen LogP contribution in [0.1, 0.15) is 5.56 Å². The Morgan fingerprint density at radius 3 is 2.92 bits per heavy atom. The first-order chi connectivity index (χ1) is 5.74. The van der Waals surface area contributed by atoms with E-state index in [1.807, 2.05) is 0 Å². The summed E-state index contributed by atoms with van der Waals surface area (Å²) in [5.74, 6) is 0.0894. The summed E-state index contributed by atoms with van der Waals surface area (Å²) in [7, 11) is 0. The second-order valence-electron chi connectivity index (χ2n) is 2.34. The van der Waals surface area contributed by atoms with Gasteiger partial charge in [-0.05, 0) is 18.6 Å². The minimum atomic E-state index is -0.308. The van der Waals surface area contributed by atoms with E-state index >= 15 is 0 Å². The van der Waals surface area contributed by atoms with Crippen LogP contribution >= 0.6 is 0 Å². The summed E-state index contributed by atoms with van der Waals surface area (Å²) in [4.78, 5) is 2.99. The summed E-state index contributed by atoms with van der Waals surface area (Å²) in [6.07, 6.45) is 0. The molecule has 0 aromatic heterocycles. The fourth-order valence-electron chi connectivity index (χ4n) is 0.770. The van der Waals surface area contributed by atoms with Gasteiger partial charge in [-0.25, -0.2) is 11.0 Å². The summed E-state index contributed by atoms with van der Waals surface area (Å²) in [6, 6.07) is 4.54. The highest BCUT2D eigenvalue weighted by atomic mass is 19.1. The Morgan fingerprint density at radius 2 is 2.33 bits per heavy atom. The number of hydrogen-bond donors (Lipinski definition) is 0. The topological polar surface area (TPSA) is 13.6 Å². The average Bonchev–Trinajstić information content (AvgIpc) is 2.07. The maximum Gasteiger partial charge on any atom is 0.357 e. The molecule has 62 valence electrons. The van der Waals surface area contributed by atoms with E-state index in [0.717, 1.165) is 0 Å². The number of ether oxygens (including phenoxy) is 1. The zero-order valence-corrected chi connectivity index (χ0v) is 6.67. The fourth-order valence-corrected chi connectivity index (χ4v) is 0.770. The third-order valence-corrected chi connectivity index (χ3v) is 1.44. The molecule has 0 aliphatic heterocycles. The maximum atomic E-state index is 12.8. The summed E-state index contributed by atoms with van der Waals surface area (Å²) in [5, 5.41) is 0. The molecule has 0 aliphatic rings. The van der Waals surface area contributed by atoms with Crippen LogP contribution in [0.25, 0.3) is 4.85 Å². The molecule has 0 unspecified atom stereocenters. The quantitative estimate of drug-likeness (QED) is 0.613. The normalized spacial score (nSPS) is 9.08. The summed E-state index contributed by atoms with van der Waals surface area (Å²) >= 11 is 0. The van der Waals surface area contributed by atoms with Crippen LogP contribution in [0.15, 0.2) is 18.2 Å². The van der Waals surface area contributed by atoms with Crippen molar-refractivity contribution in [2.24, 2.45) is 0 Å². The van der Waals surface area contributed by atoms with Crippen LogP contribution in [0.3, 0.4) is 0 Å². The van der Waals surface area contributed by atoms with E-state index < -0.39 is 0 Å². The summed E-state index contributed by atoms with van der Waals surface area (Å²) in [6.45, 7) is 8.06. The Labute approximate surface area is 70.4 Å². The van der Waals surface area contributed by atoms with Gasteiger partial charge >= 0.3 is 6.73 Å². The largest absolute Gasteiger partial charge is 0.426 e. The molecule has 1 rings (SSSR count). The van der Waals surface area contributed by atoms with Crippen molar-refractivity contribution in [1.82, 2.24) is 0 Å². The molecule has 0 N–H and O–H groups in total. The summed E-state index contributed by atoms with van der Waals surface area (Å²) < 4.78 is 17.7. The van der Waals surface area contributed by atoms with Gasteiger partial charge in [0.2, 0.25) is 0 Å². The van der Waals surface area contributed by atoms with Crippen LogP contribution in [0.4, 0.5) is 4.39 Å². The highest BCUT2D eigenvalue weighted by molar-refractivity contribution is 5.27. The van der Waals surface area contributed by atoms with Gasteiger partial charge in [0.1, 0.15) is 11.6 Å². The van der Waals surface area contributed by atoms with Gasteiger partial charge in [0.05, 0.1) is 0 Å². The zero-order valence-electron chi connectivity index (χ0n) is 6.67. The molecule has 0 aliphatic carbocycles. The van der Waals surface area contributed by atoms with E-state index in [-0.39, 0.29) is 12.5 Å². The highest BCUT2D eigenvalue weighted by Crippen LogP contribution is 2.15. The van der Waals surface area contributed by atoms with Gasteiger partial charge in [-0.1, -0.05) is 6.07 Å². The first kappa shape index (κ1) is 8.54. The molecule has 0 amide bonds. The Hall–Kier alpha value is -1.56. The first-order valence-corrected chi connectivity index (χ1v) is 3.46. The average molecular weight is 165 g/mol. The molecule has 12 heavy (non-hydrogen) atoms. The second-order valence-corrected chi connectivity index (χ2v) is 2.34. The van der Waals surface area contributed by atoms with Gasteiger partial charge in [0, 0.05) is 6.07 Å². The minimum absolute atomic E-state index is 0.0670. The molecule has 3 heteroatoms. The lowest BCUT2D eigenvalue weighted by Gasteiger charge is -2.00. The lowest BCUT2D eigenvalue weighted by atomic mass is 10.2. The van der Waals surface area contributed by atoms with Crippen molar-refractivity contribution in [2.75, 3.05) is 6.73 Å². The van der Waals surface area contributed by atoms with E-state index in [1.165, 1.54) is 6.07 Å². The van der Waals surface area contributed by atoms with Crippen molar-refractivity contribution in [3.63, 3.8) is 0 Å². The van der Waals surface area contributed by atoms with E-state index in [9.17, 15) is 4.39 Å². The second kappa shape index (κ2) is 3.72. The molecule has 1 aromatic rings. The standard InChI is InChI=1S/C9H8FNO/c1-7-3-4-8(5-9(7)10)12-6-11-2/h3-5H,6H2,1H3. The van der Waals surface area contributed by atoms with Crippen LogP contribution in [0.2, 0.25) is 0 Å². The Kier molecular flexibility index (Phi) is 2.65. The fraction of sp³-hybridized carbons (Fsp3) is 0.222. The lowest BCUT2D eigenvalue weighted by Crippen LogP contribution is -1.92. The molecule has 0 heterocycles. The van der Waals surface area contributed by atoms with Crippen molar-refractivity contribution in [3.05, 3.63) is 41.0 Å². The SMILES string of the molecule is [C-]#[N+]COc1ccc(C)c(F)c1. The van der Waals surface area contributed by atoms with Gasteiger partial charge in [-0.15, -0.1) is 0 Å². The molecular weight excluding hydrogens is 157 g/mol. The van der Waals surface area contributed by atoms with Crippen LogP contribution in [-0.4, -0.2) is 6.73 Å². The molecular formula is C9H8FNO. The van der Waals surface area contributed by atoms with Crippen LogP contribution in [0, 0.1) is 19.3 Å². The molecule has 0 saturated carbocycles. The molecule has 0 bridgehead atoms. The van der Waals surface area contributed by atoms with Crippen molar-refractivity contribution >= 4 is 0 Å². The predicted octanol–water partition coefficient (Wildman–Crippen LogP) is 2.39. The van der Waals surface area contributed by atoms with Gasteiger partial charge in [0.25, 0.3) is 0 Å². The maximum absolute atomic E-state index is 12.8. The number of nitrogens with zero attached hydrogens (tertiary/aromatic N) is 1. The number of halogens is 1. The van der Waals surface area contributed by atoms with Gasteiger partial charge in [-0.2, -0.15) is 0 Å². The van der Waals surface area contributed by atoms with Gasteiger partial charge < -0.3 is 4.74 Å². The number of hydrogen-bond acceptors (Lipinski definition) is 1. The van der Waals surface area contributed by atoms with Crippen molar-refractivity contribution in [3.8, 4) is 5.75 Å². The molecule has 1 aromatic carbocycles. The number of rotatable bonds is 2. The zero-order chi connectivity index (χ0) is 8.97. The highest BCUT2D eigenvalue weighted by Gasteiger charge is 1.99. The van der Waals surface area contributed by atoms with Gasteiger partial charge in [-0.3, -0.25) is 4.85 Å². The molecule has 0 atom stereocenters. The number of benzene rings is 1. The Morgan fingerprint density at radius 1 is 1.58 bits per heavy atom. The van der Waals surface area contributed by atoms with E-state index in [0.29, 0.717) is 11.3 Å². The monoisotopic (exact) mass is 165 g/mol. The van der Waals surface area contributed by atoms with E-state index in [4.69, 9.17) is 11.3 Å². The Bertz CT molecular complexity index is 317. The molecule has 0 spiro atoms. The number of aryl methyl sites for hydroxylation is 1. The van der Waals surface area contributed by atoms with Crippen molar-refractivity contribution < 1.29 is 9.13 Å². The molecule has 2 nitrogen and oxygen atoms in total. The third kappa shape index (κ3) is 1.96. The smallest absolute Gasteiger partial charge is 0.357 e. The van der Waals surface area contributed by atoms with Crippen LogP contribution < -0.4 is 4.74 Å². The summed E-state index contributed by atoms with van der Waals surface area (Å²) in [5.41, 5.74) is 0.574. The molecule has 0 saturated heterocycles. The third-order valence-electron chi connectivity index (χ3n) is 1.44. The van der Waals surface area contributed by atoms with Crippen molar-refractivity contribution in [2.45, 2.75) is 6.92 Å². The minimum Gasteiger partial charge on any atom is -0.426 e. The Balaban J connectivity index is 2.77. The van der Waals surface area contributed by atoms with Crippen LogP contribution in [-0.2, 0) is 0 Å². The lowest BCUT2D eigenvalue weighted by molar-refractivity contribution is 0.358. The van der Waals surface area contributed by atoms with Crippen LogP contribution in [0.5, 0.6) is 5.75 Å². The van der Waals surface area contributed by atoms with Crippen molar-refractivity contribution in [1.29, 1.82) is 0 Å².